The summed E-state index contributed by atoms with van der Waals surface area (Å²) in [6, 6.07) is 14.8. The van der Waals surface area contributed by atoms with Crippen molar-refractivity contribution in [3.63, 3.8) is 0 Å². The number of piperidine rings is 1. The molecule has 0 saturated carbocycles. The Morgan fingerprint density at radius 1 is 1.02 bits per heavy atom. The van der Waals surface area contributed by atoms with Crippen molar-refractivity contribution < 1.29 is 27.5 Å². The van der Waals surface area contributed by atoms with Gasteiger partial charge in [-0.15, -0.1) is 0 Å². The Balaban J connectivity index is 1.23. The van der Waals surface area contributed by atoms with Crippen LogP contribution < -0.4 is 20.3 Å². The smallest absolute Gasteiger partial charge is 0.411 e. The summed E-state index contributed by atoms with van der Waals surface area (Å²) in [5, 5.41) is 6.27. The van der Waals surface area contributed by atoms with Crippen LogP contribution in [0.15, 0.2) is 59.6 Å². The van der Waals surface area contributed by atoms with Crippen LogP contribution in [0.1, 0.15) is 52.5 Å². The van der Waals surface area contributed by atoms with Gasteiger partial charge in [0.15, 0.2) is 5.13 Å². The van der Waals surface area contributed by atoms with Crippen LogP contribution in [0.3, 0.4) is 0 Å². The van der Waals surface area contributed by atoms with Gasteiger partial charge in [0.05, 0.1) is 16.4 Å². The molecular formula is C34H46N6O6S2. The number of aromatic nitrogens is 1. The van der Waals surface area contributed by atoms with Crippen molar-refractivity contribution in [3.05, 3.63) is 60.3 Å². The van der Waals surface area contributed by atoms with Gasteiger partial charge in [0.2, 0.25) is 10.0 Å². The first-order valence-electron chi connectivity index (χ1n) is 16.3. The third-order valence-electron chi connectivity index (χ3n) is 8.64. The Hall–Kier alpha value is -3.72. The molecule has 2 aliphatic heterocycles. The molecule has 1 aromatic heterocycles. The van der Waals surface area contributed by atoms with E-state index in [2.05, 4.69) is 44.1 Å². The molecule has 2 aromatic carbocycles. The largest absolute Gasteiger partial charge is 0.449 e. The number of nitrogens with one attached hydrogen (secondary N) is 3. The monoisotopic (exact) mass is 698 g/mol. The summed E-state index contributed by atoms with van der Waals surface area (Å²) in [6.07, 6.45) is 2.66. The lowest BCUT2D eigenvalue weighted by molar-refractivity contribution is 0.0828. The zero-order valence-corrected chi connectivity index (χ0v) is 29.8. The number of rotatable bonds is 10. The van der Waals surface area contributed by atoms with Gasteiger partial charge in [-0.2, -0.15) is 0 Å². The number of likely N-dealkylation sites (tertiary alicyclic amines) is 1. The van der Waals surface area contributed by atoms with Gasteiger partial charge in [0.1, 0.15) is 6.10 Å². The van der Waals surface area contributed by atoms with Crippen LogP contribution in [0.4, 0.5) is 20.4 Å². The molecule has 14 heteroatoms. The maximum absolute atomic E-state index is 13.7. The quantitative estimate of drug-likeness (QED) is 0.244. The van der Waals surface area contributed by atoms with E-state index < -0.39 is 27.7 Å². The Labute approximate surface area is 287 Å². The molecule has 260 valence electrons. The fraction of sp³-hybridized carbons (Fsp3) is 0.500. The van der Waals surface area contributed by atoms with E-state index in [1.165, 1.54) is 17.4 Å². The zero-order valence-electron chi connectivity index (χ0n) is 28.2. The first-order chi connectivity index (χ1) is 22.8. The van der Waals surface area contributed by atoms with Gasteiger partial charge in [-0.25, -0.2) is 27.7 Å². The van der Waals surface area contributed by atoms with Crippen LogP contribution >= 0.6 is 11.3 Å². The van der Waals surface area contributed by atoms with E-state index in [-0.39, 0.29) is 16.9 Å². The number of hydrogen-bond donors (Lipinski definition) is 3. The summed E-state index contributed by atoms with van der Waals surface area (Å²) < 4.78 is 41.2. The third kappa shape index (κ3) is 9.46. The van der Waals surface area contributed by atoms with E-state index in [0.717, 1.165) is 23.7 Å². The zero-order chi connectivity index (χ0) is 34.5. The van der Waals surface area contributed by atoms with E-state index >= 15 is 0 Å². The number of hydrogen-bond acceptors (Lipinski definition) is 10. The van der Waals surface area contributed by atoms with E-state index in [1.54, 1.807) is 39.1 Å². The molecule has 2 aliphatic rings. The van der Waals surface area contributed by atoms with E-state index in [9.17, 15) is 18.0 Å². The number of carbonyl (C=O) groups is 2. The predicted molar refractivity (Wildman–Crippen MR) is 188 cm³/mol. The second-order valence-electron chi connectivity index (χ2n) is 13.5. The van der Waals surface area contributed by atoms with Gasteiger partial charge in [-0.3, -0.25) is 5.32 Å². The van der Waals surface area contributed by atoms with Crippen molar-refractivity contribution in [3.8, 4) is 10.4 Å². The molecule has 2 fully saturated rings. The van der Waals surface area contributed by atoms with Crippen molar-refractivity contribution in [2.24, 2.45) is 5.92 Å². The Morgan fingerprint density at radius 3 is 2.42 bits per heavy atom. The van der Waals surface area contributed by atoms with Crippen molar-refractivity contribution in [1.82, 2.24) is 19.9 Å². The van der Waals surface area contributed by atoms with Gasteiger partial charge >= 0.3 is 12.2 Å². The first-order valence-corrected chi connectivity index (χ1v) is 18.6. The maximum atomic E-state index is 13.7. The van der Waals surface area contributed by atoms with E-state index in [1.807, 2.05) is 30.3 Å². The van der Waals surface area contributed by atoms with E-state index in [0.29, 0.717) is 61.3 Å². The molecule has 0 radical (unpaired) electrons. The highest BCUT2D eigenvalue weighted by atomic mass is 32.2. The lowest BCUT2D eigenvalue weighted by Crippen LogP contribution is -2.40. The molecule has 0 unspecified atom stereocenters. The summed E-state index contributed by atoms with van der Waals surface area (Å²) >= 11 is 1.39. The van der Waals surface area contributed by atoms with Crippen molar-refractivity contribution >= 4 is 44.4 Å². The van der Waals surface area contributed by atoms with Crippen molar-refractivity contribution in [2.45, 2.75) is 76.1 Å². The van der Waals surface area contributed by atoms with Crippen LogP contribution in [0.25, 0.3) is 10.4 Å². The molecule has 2 amide bonds. The fourth-order valence-electron chi connectivity index (χ4n) is 5.88. The lowest BCUT2D eigenvalue weighted by atomic mass is 10.0. The molecule has 3 heterocycles. The van der Waals surface area contributed by atoms with Crippen molar-refractivity contribution in [2.75, 3.05) is 43.5 Å². The summed E-state index contributed by atoms with van der Waals surface area (Å²) in [4.78, 5) is 34.7. The minimum absolute atomic E-state index is 0.0325. The summed E-state index contributed by atoms with van der Waals surface area (Å²) in [6.45, 7) is 10.4. The van der Waals surface area contributed by atoms with Crippen LogP contribution in [0.2, 0.25) is 0 Å². The molecule has 0 aliphatic carbocycles. The number of amides is 2. The second kappa shape index (κ2) is 15.2. The Bertz CT molecular complexity index is 1670. The van der Waals surface area contributed by atoms with Crippen LogP contribution in [-0.2, 0) is 26.0 Å². The predicted octanol–water partition coefficient (Wildman–Crippen LogP) is 5.67. The van der Waals surface area contributed by atoms with Crippen LogP contribution in [-0.4, -0.2) is 81.5 Å². The third-order valence-corrected chi connectivity index (χ3v) is 11.5. The van der Waals surface area contributed by atoms with Crippen LogP contribution in [0.5, 0.6) is 0 Å². The number of anilines is 2. The molecule has 3 N–H and O–H groups in total. The molecule has 3 aromatic rings. The molecule has 2 saturated heterocycles. The average Bonchev–Trinajstić information content (AvgIpc) is 3.65. The summed E-state index contributed by atoms with van der Waals surface area (Å²) in [7, 11) is -1.93. The number of carbonyl (C=O) groups excluding carboxylic acids is 2. The highest BCUT2D eigenvalue weighted by Crippen LogP contribution is 2.37. The molecule has 12 nitrogen and oxygen atoms in total. The van der Waals surface area contributed by atoms with Gasteiger partial charge < -0.3 is 24.6 Å². The highest BCUT2D eigenvalue weighted by Gasteiger charge is 2.30. The normalized spacial score (nSPS) is 19.2. The Kier molecular flexibility index (Phi) is 11.3. The maximum Gasteiger partial charge on any atom is 0.411 e. The Morgan fingerprint density at radius 2 is 1.75 bits per heavy atom. The standard InChI is InChI=1S/C34H46N6O6S2/c1-23-25(13-16-39(23)5)22-45-33(42)37-26-11-12-28(30(19-26)48(43,44)38-34(2,3)4)29-21-35-31(47-29)40-17-14-27(15-18-40)46-32(41)36-20-24-9-7-6-8-10-24/h6-12,19,21,23,25,27,38H,13-18,20,22H2,1-5H3,(H,36,41)(H,37,42)/t23-,25+/m0/s1. The van der Waals surface area contributed by atoms with Gasteiger partial charge in [0, 0.05) is 67.4 Å². The van der Waals surface area contributed by atoms with Gasteiger partial charge in [0.25, 0.3) is 0 Å². The number of benzene rings is 2. The van der Waals surface area contributed by atoms with E-state index in [4.69, 9.17) is 9.47 Å². The summed E-state index contributed by atoms with van der Waals surface area (Å²) in [5.41, 5.74) is 1.06. The minimum atomic E-state index is -3.99. The number of sulfonamides is 1. The number of ether oxygens (including phenoxy) is 2. The number of nitrogens with zero attached hydrogens (tertiary/aromatic N) is 3. The van der Waals surface area contributed by atoms with Gasteiger partial charge in [-0.1, -0.05) is 47.7 Å². The molecule has 48 heavy (non-hydrogen) atoms. The molecule has 2 atom stereocenters. The van der Waals surface area contributed by atoms with Crippen molar-refractivity contribution in [1.29, 1.82) is 0 Å². The minimum Gasteiger partial charge on any atom is -0.449 e. The molecule has 0 bridgehead atoms. The highest BCUT2D eigenvalue weighted by molar-refractivity contribution is 7.89. The summed E-state index contributed by atoms with van der Waals surface area (Å²) in [5.74, 6) is 0.248. The van der Waals surface area contributed by atoms with Crippen LogP contribution in [0, 0.1) is 5.92 Å². The van der Waals surface area contributed by atoms with Gasteiger partial charge in [-0.05, 0) is 65.4 Å². The fourth-order valence-corrected chi connectivity index (χ4v) is 8.62. The molecule has 5 rings (SSSR count). The number of alkyl carbamates (subject to hydrolysis) is 1. The molecule has 0 spiro atoms. The average molecular weight is 699 g/mol. The molecular weight excluding hydrogens is 653 g/mol. The second-order valence-corrected chi connectivity index (χ2v) is 16.2. The lowest BCUT2D eigenvalue weighted by Gasteiger charge is -2.31. The SMILES string of the molecule is C[C@H]1[C@@H](COC(=O)Nc2ccc(-c3cnc(N4CCC(OC(=O)NCc5ccccc5)CC4)s3)c(S(=O)(=O)NC(C)(C)C)c2)CCN1C. The number of thiazole rings is 1. The topological polar surface area (TPSA) is 142 Å². The first kappa shape index (κ1) is 35.6.